The molecule has 3 aromatic rings. The Balaban J connectivity index is 1.27. The number of aromatic nitrogens is 1. The Bertz CT molecular complexity index is 1250. The van der Waals surface area contributed by atoms with Gasteiger partial charge in [-0.2, -0.15) is 0 Å². The minimum atomic E-state index is -3.70. The molecule has 0 radical (unpaired) electrons. The van der Waals surface area contributed by atoms with Crippen LogP contribution in [-0.4, -0.2) is 62.3 Å². The highest BCUT2D eigenvalue weighted by molar-refractivity contribution is 7.89. The maximum atomic E-state index is 13.1. The second kappa shape index (κ2) is 10.1. The van der Waals surface area contributed by atoms with Gasteiger partial charge in [0.05, 0.1) is 12.0 Å². The number of nitrogens with zero attached hydrogens (tertiary/aromatic N) is 2. The Morgan fingerprint density at radius 2 is 1.88 bits per heavy atom. The molecule has 1 fully saturated rings. The molecule has 2 heterocycles. The fraction of sp³-hybridized carbons (Fsp3) is 0.400. The van der Waals surface area contributed by atoms with Gasteiger partial charge in [-0.1, -0.05) is 0 Å². The summed E-state index contributed by atoms with van der Waals surface area (Å²) < 4.78 is 44.9. The van der Waals surface area contributed by atoms with E-state index in [1.165, 1.54) is 29.0 Å². The number of ether oxygens (including phenoxy) is 1. The van der Waals surface area contributed by atoms with Gasteiger partial charge >= 0.3 is 0 Å². The monoisotopic (exact) mass is 487 g/mol. The molecule has 1 amide bonds. The molecule has 1 aliphatic rings. The maximum absolute atomic E-state index is 13.1. The first-order valence-electron chi connectivity index (χ1n) is 11.4. The van der Waals surface area contributed by atoms with Crippen molar-refractivity contribution < 1.29 is 22.3 Å². The predicted octanol–water partition coefficient (Wildman–Crippen LogP) is 4.12. The summed E-state index contributed by atoms with van der Waals surface area (Å²) in [5, 5.41) is 1.16. The zero-order valence-electron chi connectivity index (χ0n) is 19.5. The van der Waals surface area contributed by atoms with Gasteiger partial charge in [0.1, 0.15) is 11.6 Å². The van der Waals surface area contributed by atoms with E-state index in [-0.39, 0.29) is 23.8 Å². The normalized spacial score (nSPS) is 15.2. The number of H-pyrrole nitrogens is 1. The number of rotatable bonds is 8. The molecule has 0 spiro atoms. The van der Waals surface area contributed by atoms with Gasteiger partial charge in [-0.3, -0.25) is 4.79 Å². The second-order valence-corrected chi connectivity index (χ2v) is 10.7. The Labute approximate surface area is 199 Å². The van der Waals surface area contributed by atoms with E-state index in [9.17, 15) is 17.6 Å². The summed E-state index contributed by atoms with van der Waals surface area (Å²) in [5.41, 5.74) is 2.34. The lowest BCUT2D eigenvalue weighted by atomic mass is 9.89. The number of aromatic amines is 1. The Morgan fingerprint density at radius 1 is 1.18 bits per heavy atom. The third-order valence-corrected chi connectivity index (χ3v) is 8.46. The van der Waals surface area contributed by atoms with Crippen LogP contribution in [0.4, 0.5) is 4.39 Å². The van der Waals surface area contributed by atoms with E-state index in [1.54, 1.807) is 7.11 Å². The van der Waals surface area contributed by atoms with Crippen molar-refractivity contribution in [1.82, 2.24) is 14.2 Å². The molecule has 1 aromatic heterocycles. The van der Waals surface area contributed by atoms with Crippen molar-refractivity contribution in [3.05, 3.63) is 60.0 Å². The molecule has 9 heteroatoms. The molecular weight excluding hydrogens is 457 g/mol. The average Bonchev–Trinajstić information content (AvgIpc) is 3.27. The SMILES string of the molecule is COc1ccc2[nH]cc(C3CCN(C(=O)CCCN(C)S(=O)(=O)c4ccc(F)cc4)CC3)c2c1. The highest BCUT2D eigenvalue weighted by Gasteiger charge is 2.26. The van der Waals surface area contributed by atoms with E-state index in [0.717, 1.165) is 41.6 Å². The van der Waals surface area contributed by atoms with Crippen molar-refractivity contribution >= 4 is 26.8 Å². The number of fused-ring (bicyclic) bond motifs is 1. The first-order chi connectivity index (χ1) is 16.3. The van der Waals surface area contributed by atoms with E-state index < -0.39 is 15.8 Å². The fourth-order valence-electron chi connectivity index (χ4n) is 4.54. The molecule has 1 saturated heterocycles. The number of likely N-dealkylation sites (tertiary alicyclic amines) is 1. The summed E-state index contributed by atoms with van der Waals surface area (Å²) in [6, 6.07) is 10.8. The minimum absolute atomic E-state index is 0.0414. The van der Waals surface area contributed by atoms with Crippen molar-refractivity contribution in [1.29, 1.82) is 0 Å². The number of nitrogens with one attached hydrogen (secondary N) is 1. The number of sulfonamides is 1. The highest BCUT2D eigenvalue weighted by Crippen LogP contribution is 2.34. The molecule has 1 aliphatic heterocycles. The zero-order valence-corrected chi connectivity index (χ0v) is 20.3. The smallest absolute Gasteiger partial charge is 0.242 e. The van der Waals surface area contributed by atoms with Gasteiger partial charge in [-0.15, -0.1) is 0 Å². The minimum Gasteiger partial charge on any atom is -0.497 e. The molecule has 0 bridgehead atoms. The first kappa shape index (κ1) is 24.2. The van der Waals surface area contributed by atoms with E-state index in [1.807, 2.05) is 17.0 Å². The van der Waals surface area contributed by atoms with E-state index in [0.29, 0.717) is 25.4 Å². The summed E-state index contributed by atoms with van der Waals surface area (Å²) in [5.74, 6) is 0.760. The average molecular weight is 488 g/mol. The van der Waals surface area contributed by atoms with E-state index in [2.05, 4.69) is 17.2 Å². The number of carbonyl (C=O) groups is 1. The highest BCUT2D eigenvalue weighted by atomic mass is 32.2. The van der Waals surface area contributed by atoms with Crippen LogP contribution < -0.4 is 4.74 Å². The summed E-state index contributed by atoms with van der Waals surface area (Å²) in [4.78, 5) is 18.0. The Morgan fingerprint density at radius 3 is 2.56 bits per heavy atom. The van der Waals surface area contributed by atoms with Crippen molar-refractivity contribution in [2.75, 3.05) is 33.8 Å². The van der Waals surface area contributed by atoms with Crippen molar-refractivity contribution in [2.45, 2.75) is 36.5 Å². The molecule has 0 atom stereocenters. The van der Waals surface area contributed by atoms with Crippen LogP contribution in [0.2, 0.25) is 0 Å². The van der Waals surface area contributed by atoms with Crippen LogP contribution in [0.15, 0.2) is 53.6 Å². The van der Waals surface area contributed by atoms with Gasteiger partial charge in [0, 0.05) is 50.2 Å². The van der Waals surface area contributed by atoms with Crippen molar-refractivity contribution in [3.8, 4) is 5.75 Å². The molecule has 34 heavy (non-hydrogen) atoms. The molecule has 182 valence electrons. The quantitative estimate of drug-likeness (QED) is 0.518. The summed E-state index contributed by atoms with van der Waals surface area (Å²) in [7, 11) is -0.567. The number of benzene rings is 2. The molecule has 7 nitrogen and oxygen atoms in total. The van der Waals surface area contributed by atoms with Crippen LogP contribution in [0.5, 0.6) is 5.75 Å². The third-order valence-electron chi connectivity index (χ3n) is 6.59. The van der Waals surface area contributed by atoms with Gasteiger partial charge in [-0.25, -0.2) is 17.1 Å². The predicted molar refractivity (Wildman–Crippen MR) is 129 cm³/mol. The number of hydrogen-bond donors (Lipinski definition) is 1. The standard InChI is InChI=1S/C25H30FN3O4S/c1-28(34(31,32)21-8-5-19(26)6-9-21)13-3-4-25(30)29-14-11-18(12-15-29)23-17-27-24-10-7-20(33-2)16-22(23)24/h5-10,16-18,27H,3-4,11-15H2,1-2H3. The van der Waals surface area contributed by atoms with Crippen LogP contribution in [0.1, 0.15) is 37.2 Å². The lowest BCUT2D eigenvalue weighted by Crippen LogP contribution is -2.38. The molecule has 0 unspecified atom stereocenters. The molecular formula is C25H30FN3O4S. The summed E-state index contributed by atoms with van der Waals surface area (Å²) >= 11 is 0. The van der Waals surface area contributed by atoms with Gasteiger partial charge in [0.2, 0.25) is 15.9 Å². The molecule has 4 rings (SSSR count). The van der Waals surface area contributed by atoms with Crippen LogP contribution in [0, 0.1) is 5.82 Å². The van der Waals surface area contributed by atoms with Gasteiger partial charge in [0.25, 0.3) is 0 Å². The topological polar surface area (TPSA) is 82.7 Å². The number of methoxy groups -OCH3 is 1. The van der Waals surface area contributed by atoms with Gasteiger partial charge in [-0.05, 0) is 73.2 Å². The number of carbonyl (C=O) groups excluding carboxylic acids is 1. The number of amides is 1. The summed E-state index contributed by atoms with van der Waals surface area (Å²) in [6.07, 6.45) is 4.54. The molecule has 0 aliphatic carbocycles. The molecule has 0 saturated carbocycles. The Kier molecular flexibility index (Phi) is 7.23. The number of hydrogen-bond acceptors (Lipinski definition) is 4. The number of piperidine rings is 1. The van der Waals surface area contributed by atoms with Crippen LogP contribution in [0.3, 0.4) is 0 Å². The fourth-order valence-corrected chi connectivity index (χ4v) is 5.75. The third kappa shape index (κ3) is 5.10. The van der Waals surface area contributed by atoms with Crippen molar-refractivity contribution in [3.63, 3.8) is 0 Å². The largest absolute Gasteiger partial charge is 0.497 e. The Hall–Kier alpha value is -2.91. The van der Waals surface area contributed by atoms with Crippen LogP contribution in [0.25, 0.3) is 10.9 Å². The molecule has 2 aromatic carbocycles. The van der Waals surface area contributed by atoms with E-state index in [4.69, 9.17) is 4.74 Å². The lowest BCUT2D eigenvalue weighted by Gasteiger charge is -2.32. The zero-order chi connectivity index (χ0) is 24.3. The summed E-state index contributed by atoms with van der Waals surface area (Å²) in [6.45, 7) is 1.59. The van der Waals surface area contributed by atoms with Crippen LogP contribution in [-0.2, 0) is 14.8 Å². The maximum Gasteiger partial charge on any atom is 0.242 e. The second-order valence-electron chi connectivity index (χ2n) is 8.69. The van der Waals surface area contributed by atoms with Gasteiger partial charge in [0.15, 0.2) is 0 Å². The lowest BCUT2D eigenvalue weighted by molar-refractivity contribution is -0.132. The first-order valence-corrected chi connectivity index (χ1v) is 12.9. The number of halogens is 1. The molecule has 1 N–H and O–H groups in total. The van der Waals surface area contributed by atoms with Crippen molar-refractivity contribution in [2.24, 2.45) is 0 Å². The van der Waals surface area contributed by atoms with E-state index >= 15 is 0 Å². The van der Waals surface area contributed by atoms with Crippen LogP contribution >= 0.6 is 0 Å². The van der Waals surface area contributed by atoms with Gasteiger partial charge < -0.3 is 14.6 Å².